The highest BCUT2D eigenvalue weighted by molar-refractivity contribution is 6.42. The minimum atomic E-state index is 0.628. The van der Waals surface area contributed by atoms with E-state index >= 15 is 0 Å². The molecule has 104 valence electrons. The zero-order valence-electron chi connectivity index (χ0n) is 11.4. The SMILES string of the molecule is CNCC(=Cc1cccc(Cl)c1Cl)C1CCCCC1. The molecule has 19 heavy (non-hydrogen) atoms. The Morgan fingerprint density at radius 1 is 1.26 bits per heavy atom. The maximum atomic E-state index is 6.28. The van der Waals surface area contributed by atoms with Gasteiger partial charge in [0, 0.05) is 6.54 Å². The normalized spacial score (nSPS) is 17.7. The smallest absolute Gasteiger partial charge is 0.0664 e. The number of benzene rings is 1. The quantitative estimate of drug-likeness (QED) is 0.808. The molecule has 2 rings (SSSR count). The predicted molar refractivity (Wildman–Crippen MR) is 84.9 cm³/mol. The predicted octanol–water partition coefficient (Wildman–Crippen LogP) is 5.18. The van der Waals surface area contributed by atoms with Crippen molar-refractivity contribution in [2.24, 2.45) is 5.92 Å². The first-order chi connectivity index (χ1) is 9.22. The van der Waals surface area contributed by atoms with Crippen molar-refractivity contribution < 1.29 is 0 Å². The molecule has 1 saturated carbocycles. The third-order valence-corrected chi connectivity index (χ3v) is 4.67. The van der Waals surface area contributed by atoms with Crippen molar-refractivity contribution in [3.63, 3.8) is 0 Å². The molecule has 3 heteroatoms. The van der Waals surface area contributed by atoms with Crippen molar-refractivity contribution in [2.75, 3.05) is 13.6 Å². The Morgan fingerprint density at radius 2 is 2.00 bits per heavy atom. The molecule has 1 aromatic rings. The van der Waals surface area contributed by atoms with E-state index in [2.05, 4.69) is 11.4 Å². The molecule has 0 atom stereocenters. The molecular weight excluding hydrogens is 277 g/mol. The molecule has 0 bridgehead atoms. The minimum Gasteiger partial charge on any atom is -0.316 e. The zero-order valence-corrected chi connectivity index (χ0v) is 12.9. The van der Waals surface area contributed by atoms with Crippen LogP contribution in [0.5, 0.6) is 0 Å². The largest absolute Gasteiger partial charge is 0.316 e. The van der Waals surface area contributed by atoms with Crippen molar-refractivity contribution in [3.8, 4) is 0 Å². The highest BCUT2D eigenvalue weighted by Crippen LogP contribution is 2.33. The van der Waals surface area contributed by atoms with Crippen LogP contribution in [0.15, 0.2) is 23.8 Å². The summed E-state index contributed by atoms with van der Waals surface area (Å²) in [6.45, 7) is 0.924. The fourth-order valence-electron chi connectivity index (χ4n) is 2.82. The Bertz CT molecular complexity index is 448. The van der Waals surface area contributed by atoms with Crippen LogP contribution in [0.25, 0.3) is 6.08 Å². The number of likely N-dealkylation sites (N-methyl/N-ethyl adjacent to an activating group) is 1. The van der Waals surface area contributed by atoms with Gasteiger partial charge in [0.05, 0.1) is 10.0 Å². The lowest BCUT2D eigenvalue weighted by Crippen LogP contribution is -2.19. The van der Waals surface area contributed by atoms with E-state index in [1.807, 2.05) is 25.2 Å². The molecule has 0 aliphatic heterocycles. The summed E-state index contributed by atoms with van der Waals surface area (Å²) in [7, 11) is 2.00. The van der Waals surface area contributed by atoms with Crippen LogP contribution < -0.4 is 5.32 Å². The number of hydrogen-bond acceptors (Lipinski definition) is 1. The maximum absolute atomic E-state index is 6.28. The van der Waals surface area contributed by atoms with E-state index in [-0.39, 0.29) is 0 Å². The van der Waals surface area contributed by atoms with Crippen LogP contribution in [0.3, 0.4) is 0 Å². The standard InChI is InChI=1S/C16H21Cl2N/c1-19-11-14(12-6-3-2-4-7-12)10-13-8-5-9-15(17)16(13)18/h5,8-10,12,19H,2-4,6-7,11H2,1H3. The van der Waals surface area contributed by atoms with Crippen LogP contribution in [0, 0.1) is 5.92 Å². The van der Waals surface area contributed by atoms with E-state index in [0.29, 0.717) is 16.0 Å². The van der Waals surface area contributed by atoms with E-state index in [0.717, 1.165) is 12.1 Å². The summed E-state index contributed by atoms with van der Waals surface area (Å²) >= 11 is 12.4. The molecular formula is C16H21Cl2N. The van der Waals surface area contributed by atoms with Gasteiger partial charge >= 0.3 is 0 Å². The fourth-order valence-corrected chi connectivity index (χ4v) is 3.18. The summed E-state index contributed by atoms with van der Waals surface area (Å²) in [5.74, 6) is 0.691. The van der Waals surface area contributed by atoms with Gasteiger partial charge in [0.15, 0.2) is 0 Å². The van der Waals surface area contributed by atoms with Gasteiger partial charge in [-0.1, -0.05) is 66.2 Å². The second-order valence-electron chi connectivity index (χ2n) is 5.23. The van der Waals surface area contributed by atoms with Gasteiger partial charge in [-0.15, -0.1) is 0 Å². The molecule has 1 aliphatic carbocycles. The molecule has 0 spiro atoms. The third kappa shape index (κ3) is 3.98. The zero-order chi connectivity index (χ0) is 13.7. The molecule has 0 radical (unpaired) electrons. The average molecular weight is 298 g/mol. The summed E-state index contributed by atoms with van der Waals surface area (Å²) in [5, 5.41) is 4.56. The summed E-state index contributed by atoms with van der Waals surface area (Å²) in [4.78, 5) is 0. The van der Waals surface area contributed by atoms with Crippen LogP contribution in [0.2, 0.25) is 10.0 Å². The molecule has 1 fully saturated rings. The lowest BCUT2D eigenvalue weighted by atomic mass is 9.83. The molecule has 1 N–H and O–H groups in total. The Morgan fingerprint density at radius 3 is 2.68 bits per heavy atom. The summed E-state index contributed by atoms with van der Waals surface area (Å²) in [6.07, 6.45) is 8.88. The van der Waals surface area contributed by atoms with E-state index in [1.54, 1.807) is 0 Å². The van der Waals surface area contributed by atoms with E-state index < -0.39 is 0 Å². The Balaban J connectivity index is 2.26. The Kier molecular flexibility index (Phi) is 5.75. The topological polar surface area (TPSA) is 12.0 Å². The van der Waals surface area contributed by atoms with Gasteiger partial charge in [-0.3, -0.25) is 0 Å². The molecule has 1 aromatic carbocycles. The van der Waals surface area contributed by atoms with Crippen LogP contribution in [0.4, 0.5) is 0 Å². The van der Waals surface area contributed by atoms with E-state index in [4.69, 9.17) is 23.2 Å². The van der Waals surface area contributed by atoms with Crippen molar-refractivity contribution in [1.29, 1.82) is 0 Å². The van der Waals surface area contributed by atoms with Gasteiger partial charge in [0.25, 0.3) is 0 Å². The van der Waals surface area contributed by atoms with Crippen LogP contribution in [-0.4, -0.2) is 13.6 Å². The van der Waals surface area contributed by atoms with Gasteiger partial charge in [-0.05, 0) is 37.4 Å². The highest BCUT2D eigenvalue weighted by Gasteiger charge is 2.17. The van der Waals surface area contributed by atoms with Crippen LogP contribution >= 0.6 is 23.2 Å². The van der Waals surface area contributed by atoms with Crippen molar-refractivity contribution in [1.82, 2.24) is 5.32 Å². The van der Waals surface area contributed by atoms with Gasteiger partial charge in [0.2, 0.25) is 0 Å². The highest BCUT2D eigenvalue weighted by atomic mass is 35.5. The average Bonchev–Trinajstić information content (AvgIpc) is 2.44. The summed E-state index contributed by atoms with van der Waals surface area (Å²) in [5.41, 5.74) is 2.48. The lowest BCUT2D eigenvalue weighted by molar-refractivity contribution is 0.398. The number of halogens is 2. The summed E-state index contributed by atoms with van der Waals surface area (Å²) < 4.78 is 0. The molecule has 0 amide bonds. The molecule has 1 nitrogen and oxygen atoms in total. The minimum absolute atomic E-state index is 0.628. The van der Waals surface area contributed by atoms with Gasteiger partial charge < -0.3 is 5.32 Å². The molecule has 0 saturated heterocycles. The fraction of sp³-hybridized carbons (Fsp3) is 0.500. The van der Waals surface area contributed by atoms with Crippen molar-refractivity contribution >= 4 is 29.3 Å². The Labute approximate surface area is 126 Å². The number of rotatable bonds is 4. The monoisotopic (exact) mass is 297 g/mol. The summed E-state index contributed by atoms with van der Waals surface area (Å²) in [6, 6.07) is 5.82. The third-order valence-electron chi connectivity index (χ3n) is 3.83. The van der Waals surface area contributed by atoms with Crippen molar-refractivity contribution in [2.45, 2.75) is 32.1 Å². The molecule has 0 unspecified atom stereocenters. The second kappa shape index (κ2) is 7.33. The van der Waals surface area contributed by atoms with E-state index in [1.165, 1.54) is 37.7 Å². The van der Waals surface area contributed by atoms with Gasteiger partial charge in [-0.2, -0.15) is 0 Å². The lowest BCUT2D eigenvalue weighted by Gasteiger charge is -2.25. The van der Waals surface area contributed by atoms with E-state index in [9.17, 15) is 0 Å². The van der Waals surface area contributed by atoms with Gasteiger partial charge in [-0.25, -0.2) is 0 Å². The molecule has 1 aliphatic rings. The van der Waals surface area contributed by atoms with Gasteiger partial charge in [0.1, 0.15) is 0 Å². The van der Waals surface area contributed by atoms with Crippen molar-refractivity contribution in [3.05, 3.63) is 39.4 Å². The first-order valence-corrected chi connectivity index (χ1v) is 7.77. The maximum Gasteiger partial charge on any atom is 0.0664 e. The van der Waals surface area contributed by atoms with Crippen LogP contribution in [0.1, 0.15) is 37.7 Å². The Hall–Kier alpha value is -0.500. The number of hydrogen-bond donors (Lipinski definition) is 1. The second-order valence-corrected chi connectivity index (χ2v) is 6.01. The first-order valence-electron chi connectivity index (χ1n) is 7.01. The molecule has 0 aromatic heterocycles. The first kappa shape index (κ1) is 14.9. The molecule has 0 heterocycles. The number of nitrogens with one attached hydrogen (secondary N) is 1. The van der Waals surface area contributed by atoms with Crippen LogP contribution in [-0.2, 0) is 0 Å².